The highest BCUT2D eigenvalue weighted by Crippen LogP contribution is 2.35. The molecule has 0 saturated heterocycles. The number of carbonyl (C=O) groups is 1. The summed E-state index contributed by atoms with van der Waals surface area (Å²) in [6.07, 6.45) is 0. The minimum Gasteiger partial charge on any atom is -0.461 e. The van der Waals surface area contributed by atoms with Gasteiger partial charge in [0.2, 0.25) is 0 Å². The van der Waals surface area contributed by atoms with Crippen LogP contribution >= 0.6 is 11.3 Å². The van der Waals surface area contributed by atoms with Gasteiger partial charge in [0.05, 0.1) is 16.8 Å². The van der Waals surface area contributed by atoms with E-state index < -0.39 is 16.9 Å². The summed E-state index contributed by atoms with van der Waals surface area (Å²) in [7, 11) is 0. The predicted molar refractivity (Wildman–Crippen MR) is 64.9 cm³/mol. The number of carbonyl (C=O) groups excluding carboxylic acids is 1. The van der Waals surface area contributed by atoms with Gasteiger partial charge in [-0.2, -0.15) is 8.78 Å². The number of aromatic nitrogens is 1. The first-order valence-electron chi connectivity index (χ1n) is 5.38. The molecule has 0 fully saturated rings. The van der Waals surface area contributed by atoms with Gasteiger partial charge in [0, 0.05) is 0 Å². The summed E-state index contributed by atoms with van der Waals surface area (Å²) in [5.74, 6) is -5.24. The van der Waals surface area contributed by atoms with Crippen LogP contribution in [0.1, 0.15) is 17.5 Å². The maximum atomic E-state index is 13.7. The second-order valence-electron chi connectivity index (χ2n) is 3.79. The molecule has 2 aromatic rings. The van der Waals surface area contributed by atoms with Crippen molar-refractivity contribution >= 4 is 27.5 Å². The van der Waals surface area contributed by atoms with E-state index in [0.29, 0.717) is 10.2 Å². The van der Waals surface area contributed by atoms with Gasteiger partial charge in [-0.05, 0) is 31.5 Å². The van der Waals surface area contributed by atoms with Crippen LogP contribution in [-0.2, 0) is 15.5 Å². The van der Waals surface area contributed by atoms with Gasteiger partial charge in [-0.15, -0.1) is 11.3 Å². The topological polar surface area (TPSA) is 39.2 Å². The van der Waals surface area contributed by atoms with E-state index in [4.69, 9.17) is 0 Å². The van der Waals surface area contributed by atoms with E-state index in [-0.39, 0.29) is 6.61 Å². The molecule has 18 heavy (non-hydrogen) atoms. The summed E-state index contributed by atoms with van der Waals surface area (Å²) >= 11 is 0.805. The number of hydrogen-bond donors (Lipinski definition) is 0. The van der Waals surface area contributed by atoms with Crippen molar-refractivity contribution in [2.45, 2.75) is 19.8 Å². The van der Waals surface area contributed by atoms with E-state index in [1.54, 1.807) is 12.1 Å². The van der Waals surface area contributed by atoms with E-state index in [2.05, 4.69) is 9.72 Å². The summed E-state index contributed by atoms with van der Waals surface area (Å²) < 4.78 is 32.5. The molecule has 0 bridgehead atoms. The highest BCUT2D eigenvalue weighted by molar-refractivity contribution is 7.18. The molecular weight excluding hydrogens is 260 g/mol. The number of ether oxygens (including phenoxy) is 1. The van der Waals surface area contributed by atoms with Crippen LogP contribution in [0.25, 0.3) is 10.2 Å². The standard InChI is InChI=1S/C12H11F2NO2S/c1-3-17-11(16)12(13,14)10-15-8-6-7(2)4-5-9(8)18-10/h4-6H,3H2,1-2H3. The van der Waals surface area contributed by atoms with Crippen LogP contribution in [0.15, 0.2) is 18.2 Å². The number of aryl methyl sites for hydroxylation is 1. The number of alkyl halides is 2. The van der Waals surface area contributed by atoms with Crippen molar-refractivity contribution in [2.75, 3.05) is 6.61 Å². The molecule has 0 amide bonds. The molecule has 96 valence electrons. The molecule has 0 N–H and O–H groups in total. The average Bonchev–Trinajstić information content (AvgIpc) is 2.72. The summed E-state index contributed by atoms with van der Waals surface area (Å²) in [6, 6.07) is 5.23. The number of rotatable bonds is 3. The highest BCUT2D eigenvalue weighted by Gasteiger charge is 2.45. The maximum absolute atomic E-state index is 13.7. The number of fused-ring (bicyclic) bond motifs is 1. The van der Waals surface area contributed by atoms with Crippen molar-refractivity contribution in [2.24, 2.45) is 0 Å². The van der Waals surface area contributed by atoms with Gasteiger partial charge in [0.15, 0.2) is 5.01 Å². The smallest absolute Gasteiger partial charge is 0.393 e. The molecule has 1 heterocycles. The van der Waals surface area contributed by atoms with Crippen molar-refractivity contribution in [1.82, 2.24) is 4.98 Å². The summed E-state index contributed by atoms with van der Waals surface area (Å²) in [5, 5.41) is -0.526. The van der Waals surface area contributed by atoms with Gasteiger partial charge in [0.25, 0.3) is 0 Å². The van der Waals surface area contributed by atoms with E-state index in [9.17, 15) is 13.6 Å². The molecule has 0 aliphatic heterocycles. The average molecular weight is 271 g/mol. The van der Waals surface area contributed by atoms with Crippen molar-refractivity contribution < 1.29 is 18.3 Å². The van der Waals surface area contributed by atoms with Crippen LogP contribution in [0.4, 0.5) is 8.78 Å². The zero-order valence-corrected chi connectivity index (χ0v) is 10.7. The number of benzene rings is 1. The van der Waals surface area contributed by atoms with Crippen LogP contribution in [0.5, 0.6) is 0 Å². The van der Waals surface area contributed by atoms with Gasteiger partial charge < -0.3 is 4.74 Å². The third kappa shape index (κ3) is 2.20. The number of nitrogens with zero attached hydrogens (tertiary/aromatic N) is 1. The lowest BCUT2D eigenvalue weighted by Gasteiger charge is -2.10. The molecule has 2 rings (SSSR count). The first-order chi connectivity index (χ1) is 8.45. The number of esters is 1. The van der Waals surface area contributed by atoms with Gasteiger partial charge >= 0.3 is 11.9 Å². The highest BCUT2D eigenvalue weighted by atomic mass is 32.1. The first kappa shape index (κ1) is 12.9. The van der Waals surface area contributed by atoms with Crippen molar-refractivity contribution in [1.29, 1.82) is 0 Å². The van der Waals surface area contributed by atoms with Crippen molar-refractivity contribution in [3.05, 3.63) is 28.8 Å². The Bertz CT molecular complexity index is 595. The van der Waals surface area contributed by atoms with Crippen LogP contribution < -0.4 is 0 Å². The second-order valence-corrected chi connectivity index (χ2v) is 4.82. The normalized spacial score (nSPS) is 11.8. The monoisotopic (exact) mass is 271 g/mol. The third-order valence-corrected chi connectivity index (χ3v) is 3.45. The summed E-state index contributed by atoms with van der Waals surface area (Å²) in [5.41, 5.74) is 1.40. The lowest BCUT2D eigenvalue weighted by Crippen LogP contribution is -2.28. The number of hydrogen-bond acceptors (Lipinski definition) is 4. The van der Waals surface area contributed by atoms with Crippen LogP contribution in [-0.4, -0.2) is 17.6 Å². The van der Waals surface area contributed by atoms with Crippen LogP contribution in [0, 0.1) is 6.92 Å². The SMILES string of the molecule is CCOC(=O)C(F)(F)c1nc2cc(C)ccc2s1. The van der Waals surface area contributed by atoms with E-state index in [0.717, 1.165) is 16.9 Å². The van der Waals surface area contributed by atoms with Gasteiger partial charge in [0.1, 0.15) is 0 Å². The van der Waals surface area contributed by atoms with E-state index >= 15 is 0 Å². The van der Waals surface area contributed by atoms with Gasteiger partial charge in [-0.1, -0.05) is 6.07 Å². The Hall–Kier alpha value is -1.56. The van der Waals surface area contributed by atoms with Crippen molar-refractivity contribution in [3.8, 4) is 0 Å². The van der Waals surface area contributed by atoms with Gasteiger partial charge in [-0.3, -0.25) is 0 Å². The molecule has 0 unspecified atom stereocenters. The molecule has 0 radical (unpaired) electrons. The Kier molecular flexibility index (Phi) is 3.30. The molecule has 0 aliphatic rings. The molecule has 0 atom stereocenters. The fourth-order valence-corrected chi connectivity index (χ4v) is 2.39. The van der Waals surface area contributed by atoms with Crippen LogP contribution in [0.2, 0.25) is 0 Å². The van der Waals surface area contributed by atoms with E-state index in [1.807, 2.05) is 13.0 Å². The Morgan fingerprint density at radius 1 is 1.50 bits per heavy atom. The minimum atomic E-state index is -3.69. The number of thiazole rings is 1. The van der Waals surface area contributed by atoms with Crippen molar-refractivity contribution in [3.63, 3.8) is 0 Å². The molecular formula is C12H11F2NO2S. The first-order valence-corrected chi connectivity index (χ1v) is 6.19. The molecule has 1 aromatic heterocycles. The Labute approximate surface area is 106 Å². The quantitative estimate of drug-likeness (QED) is 0.804. The molecule has 0 spiro atoms. The Morgan fingerprint density at radius 3 is 2.89 bits per heavy atom. The largest absolute Gasteiger partial charge is 0.461 e. The summed E-state index contributed by atoms with van der Waals surface area (Å²) in [6.45, 7) is 3.25. The lowest BCUT2D eigenvalue weighted by molar-refractivity contribution is -0.173. The van der Waals surface area contributed by atoms with Crippen LogP contribution in [0.3, 0.4) is 0 Å². The molecule has 0 aliphatic carbocycles. The van der Waals surface area contributed by atoms with E-state index in [1.165, 1.54) is 6.92 Å². The Balaban J connectivity index is 2.44. The zero-order chi connectivity index (χ0) is 13.3. The molecule has 0 saturated carbocycles. The lowest BCUT2D eigenvalue weighted by atomic mass is 10.2. The fraction of sp³-hybridized carbons (Fsp3) is 0.333. The Morgan fingerprint density at radius 2 is 2.22 bits per heavy atom. The minimum absolute atomic E-state index is 0.0849. The molecule has 1 aromatic carbocycles. The number of halogens is 2. The predicted octanol–water partition coefficient (Wildman–Crippen LogP) is 3.26. The fourth-order valence-electron chi connectivity index (χ4n) is 1.48. The zero-order valence-electron chi connectivity index (χ0n) is 9.87. The third-order valence-electron chi connectivity index (χ3n) is 2.34. The second kappa shape index (κ2) is 4.61. The maximum Gasteiger partial charge on any atom is 0.393 e. The molecule has 3 nitrogen and oxygen atoms in total. The van der Waals surface area contributed by atoms with Gasteiger partial charge in [-0.25, -0.2) is 9.78 Å². The summed E-state index contributed by atoms with van der Waals surface area (Å²) in [4.78, 5) is 15.0. The molecule has 6 heteroatoms.